The summed E-state index contributed by atoms with van der Waals surface area (Å²) in [6.07, 6.45) is -0.0620. The zero-order valence-corrected chi connectivity index (χ0v) is 9.82. The van der Waals surface area contributed by atoms with E-state index in [2.05, 4.69) is 10.2 Å². The van der Waals surface area contributed by atoms with Crippen molar-refractivity contribution in [3.8, 4) is 11.1 Å². The number of H-pyrrole nitrogens is 1. The van der Waals surface area contributed by atoms with Gasteiger partial charge in [0.15, 0.2) is 0 Å². The molecule has 1 aromatic heterocycles. The maximum Gasteiger partial charge on any atom is 0.309 e. The standard InChI is InChI=1S/C13H14N2O2/c1-8-3-5-10(6-4-8)13-9(2)14-15-11(13)7-12(16)17/h3-6H,7H2,1-2H3,(H,14,15)(H,16,17). The van der Waals surface area contributed by atoms with E-state index in [0.29, 0.717) is 5.69 Å². The number of aryl methyl sites for hydroxylation is 2. The molecule has 0 fully saturated rings. The fraction of sp³-hybridized carbons (Fsp3) is 0.231. The summed E-state index contributed by atoms with van der Waals surface area (Å²) in [4.78, 5) is 10.8. The number of carbonyl (C=O) groups is 1. The van der Waals surface area contributed by atoms with Crippen molar-refractivity contribution in [2.75, 3.05) is 0 Å². The third-order valence-corrected chi connectivity index (χ3v) is 2.68. The van der Waals surface area contributed by atoms with Gasteiger partial charge in [-0.2, -0.15) is 5.10 Å². The van der Waals surface area contributed by atoms with Gasteiger partial charge in [0, 0.05) is 11.3 Å². The Morgan fingerprint density at radius 3 is 2.53 bits per heavy atom. The van der Waals surface area contributed by atoms with E-state index in [1.54, 1.807) is 0 Å². The van der Waals surface area contributed by atoms with Crippen LogP contribution in [-0.4, -0.2) is 21.3 Å². The normalized spacial score (nSPS) is 10.5. The topological polar surface area (TPSA) is 66.0 Å². The van der Waals surface area contributed by atoms with Crippen molar-refractivity contribution in [3.05, 3.63) is 41.2 Å². The van der Waals surface area contributed by atoms with Gasteiger partial charge >= 0.3 is 5.97 Å². The van der Waals surface area contributed by atoms with Crippen molar-refractivity contribution in [2.45, 2.75) is 20.3 Å². The number of benzene rings is 1. The molecule has 0 amide bonds. The van der Waals surface area contributed by atoms with Gasteiger partial charge in [0.25, 0.3) is 0 Å². The van der Waals surface area contributed by atoms with Crippen LogP contribution in [0.15, 0.2) is 24.3 Å². The van der Waals surface area contributed by atoms with Gasteiger partial charge in [0.05, 0.1) is 12.1 Å². The third-order valence-electron chi connectivity index (χ3n) is 2.68. The highest BCUT2D eigenvalue weighted by molar-refractivity contribution is 5.76. The second kappa shape index (κ2) is 4.41. The highest BCUT2D eigenvalue weighted by Crippen LogP contribution is 2.26. The molecule has 0 atom stereocenters. The highest BCUT2D eigenvalue weighted by atomic mass is 16.4. The van der Waals surface area contributed by atoms with Crippen molar-refractivity contribution in [1.82, 2.24) is 10.2 Å². The fourth-order valence-electron chi connectivity index (χ4n) is 1.85. The number of nitrogens with zero attached hydrogens (tertiary/aromatic N) is 1. The van der Waals surface area contributed by atoms with Gasteiger partial charge in [-0.1, -0.05) is 29.8 Å². The van der Waals surface area contributed by atoms with Gasteiger partial charge in [0.2, 0.25) is 0 Å². The lowest BCUT2D eigenvalue weighted by Gasteiger charge is -2.03. The average molecular weight is 230 g/mol. The second-order valence-corrected chi connectivity index (χ2v) is 4.11. The van der Waals surface area contributed by atoms with E-state index in [-0.39, 0.29) is 6.42 Å². The maximum atomic E-state index is 10.8. The maximum absolute atomic E-state index is 10.8. The molecule has 0 aliphatic carbocycles. The Labute approximate surface area is 99.3 Å². The number of carboxylic acids is 1. The molecule has 0 aliphatic heterocycles. The monoisotopic (exact) mass is 230 g/mol. The molecule has 1 heterocycles. The summed E-state index contributed by atoms with van der Waals surface area (Å²) in [7, 11) is 0. The van der Waals surface area contributed by atoms with Gasteiger partial charge in [-0.05, 0) is 19.4 Å². The van der Waals surface area contributed by atoms with Gasteiger partial charge in [-0.15, -0.1) is 0 Å². The summed E-state index contributed by atoms with van der Waals surface area (Å²) >= 11 is 0. The molecule has 0 spiro atoms. The average Bonchev–Trinajstić information content (AvgIpc) is 2.61. The quantitative estimate of drug-likeness (QED) is 0.850. The Morgan fingerprint density at radius 2 is 1.94 bits per heavy atom. The summed E-state index contributed by atoms with van der Waals surface area (Å²) in [5.74, 6) is -0.870. The largest absolute Gasteiger partial charge is 0.481 e. The van der Waals surface area contributed by atoms with Crippen LogP contribution in [0.2, 0.25) is 0 Å². The first-order valence-corrected chi connectivity index (χ1v) is 5.40. The molecule has 2 N–H and O–H groups in total. The van der Waals surface area contributed by atoms with Crippen LogP contribution in [0, 0.1) is 13.8 Å². The van der Waals surface area contributed by atoms with Crippen LogP contribution < -0.4 is 0 Å². The Hall–Kier alpha value is -2.10. The molecular weight excluding hydrogens is 216 g/mol. The number of aliphatic carboxylic acids is 1. The lowest BCUT2D eigenvalue weighted by atomic mass is 10.0. The Balaban J connectivity index is 2.46. The second-order valence-electron chi connectivity index (χ2n) is 4.11. The smallest absolute Gasteiger partial charge is 0.309 e. The van der Waals surface area contributed by atoms with Crippen molar-refractivity contribution < 1.29 is 9.90 Å². The van der Waals surface area contributed by atoms with Gasteiger partial charge in [-0.25, -0.2) is 0 Å². The Morgan fingerprint density at radius 1 is 1.29 bits per heavy atom. The molecule has 17 heavy (non-hydrogen) atoms. The van der Waals surface area contributed by atoms with E-state index in [4.69, 9.17) is 5.11 Å². The summed E-state index contributed by atoms with van der Waals surface area (Å²) in [5, 5.41) is 15.7. The predicted molar refractivity (Wildman–Crippen MR) is 64.8 cm³/mol. The molecule has 0 aliphatic rings. The van der Waals surface area contributed by atoms with Crippen molar-refractivity contribution in [2.24, 2.45) is 0 Å². The first kappa shape index (κ1) is 11.4. The van der Waals surface area contributed by atoms with Crippen LogP contribution in [0.3, 0.4) is 0 Å². The van der Waals surface area contributed by atoms with Gasteiger partial charge in [-0.3, -0.25) is 9.89 Å². The first-order chi connectivity index (χ1) is 8.08. The summed E-state index contributed by atoms with van der Waals surface area (Å²) in [6, 6.07) is 7.98. The predicted octanol–water partition coefficient (Wildman–Crippen LogP) is 2.32. The minimum atomic E-state index is -0.870. The molecule has 0 unspecified atom stereocenters. The van der Waals surface area contributed by atoms with E-state index < -0.39 is 5.97 Å². The number of carboxylic acid groups (broad SMARTS) is 1. The number of nitrogens with one attached hydrogen (secondary N) is 1. The Kier molecular flexibility index (Phi) is 2.95. The van der Waals surface area contributed by atoms with Crippen LogP contribution in [0.25, 0.3) is 11.1 Å². The molecule has 0 saturated heterocycles. The van der Waals surface area contributed by atoms with Gasteiger partial charge in [0.1, 0.15) is 0 Å². The van der Waals surface area contributed by atoms with Crippen molar-refractivity contribution in [1.29, 1.82) is 0 Å². The van der Waals surface area contributed by atoms with E-state index in [1.807, 2.05) is 38.1 Å². The molecule has 2 aromatic rings. The lowest BCUT2D eigenvalue weighted by Crippen LogP contribution is -2.01. The zero-order valence-electron chi connectivity index (χ0n) is 9.82. The molecular formula is C13H14N2O2. The van der Waals surface area contributed by atoms with Crippen LogP contribution in [0.5, 0.6) is 0 Å². The summed E-state index contributed by atoms with van der Waals surface area (Å²) in [6.45, 7) is 3.91. The molecule has 4 nitrogen and oxygen atoms in total. The van der Waals surface area contributed by atoms with Crippen molar-refractivity contribution >= 4 is 5.97 Å². The van der Waals surface area contributed by atoms with E-state index in [9.17, 15) is 4.79 Å². The molecule has 0 radical (unpaired) electrons. The summed E-state index contributed by atoms with van der Waals surface area (Å²) in [5.41, 5.74) is 4.55. The lowest BCUT2D eigenvalue weighted by molar-refractivity contribution is -0.136. The van der Waals surface area contributed by atoms with E-state index in [0.717, 1.165) is 16.8 Å². The van der Waals surface area contributed by atoms with Crippen LogP contribution in [0.1, 0.15) is 17.0 Å². The minimum Gasteiger partial charge on any atom is -0.481 e. The summed E-state index contributed by atoms with van der Waals surface area (Å²) < 4.78 is 0. The zero-order chi connectivity index (χ0) is 12.4. The minimum absolute atomic E-state index is 0.0620. The molecule has 0 bridgehead atoms. The SMILES string of the molecule is Cc1ccc(-c2c(CC(=O)O)n[nH]c2C)cc1. The molecule has 0 saturated carbocycles. The van der Waals surface area contributed by atoms with E-state index in [1.165, 1.54) is 5.56 Å². The number of hydrogen-bond donors (Lipinski definition) is 2. The number of aromatic nitrogens is 2. The number of aromatic amines is 1. The molecule has 2 rings (SSSR count). The molecule has 1 aromatic carbocycles. The van der Waals surface area contributed by atoms with Crippen molar-refractivity contribution in [3.63, 3.8) is 0 Å². The van der Waals surface area contributed by atoms with Crippen LogP contribution in [0.4, 0.5) is 0 Å². The first-order valence-electron chi connectivity index (χ1n) is 5.40. The van der Waals surface area contributed by atoms with Crippen LogP contribution >= 0.6 is 0 Å². The third kappa shape index (κ3) is 2.36. The highest BCUT2D eigenvalue weighted by Gasteiger charge is 2.14. The van der Waals surface area contributed by atoms with E-state index >= 15 is 0 Å². The molecule has 88 valence electrons. The Bertz CT molecular complexity index is 541. The van der Waals surface area contributed by atoms with Gasteiger partial charge < -0.3 is 5.11 Å². The van der Waals surface area contributed by atoms with Crippen LogP contribution in [-0.2, 0) is 11.2 Å². The number of hydrogen-bond acceptors (Lipinski definition) is 2. The molecule has 4 heteroatoms. The fourth-order valence-corrected chi connectivity index (χ4v) is 1.85. The number of rotatable bonds is 3.